The van der Waals surface area contributed by atoms with Gasteiger partial charge in [0.25, 0.3) is 0 Å². The Morgan fingerprint density at radius 3 is 2.27 bits per heavy atom. The Balaban J connectivity index is 2.37. The van der Waals surface area contributed by atoms with Crippen LogP contribution in [0.25, 0.3) is 0 Å². The molecule has 122 valence electrons. The summed E-state index contributed by atoms with van der Waals surface area (Å²) in [6, 6.07) is 9.10. The minimum absolute atomic E-state index is 0.247. The standard InChI is InChI=1S/C20H32N2/c1-6-17(3)21-15-9-8-10-16-22-19-13-11-18(12-14-19)20(4,5)7-2/h11-17H,6-10H2,1-5H3. The van der Waals surface area contributed by atoms with Gasteiger partial charge < -0.3 is 0 Å². The van der Waals surface area contributed by atoms with Crippen molar-refractivity contribution < 1.29 is 0 Å². The Bertz CT molecular complexity index is 469. The van der Waals surface area contributed by atoms with Gasteiger partial charge in [-0.15, -0.1) is 0 Å². The molecular weight excluding hydrogens is 268 g/mol. The second-order valence-electron chi connectivity index (χ2n) is 6.62. The molecule has 0 N–H and O–H groups in total. The normalized spacial score (nSPS) is 14.0. The lowest BCUT2D eigenvalue weighted by Crippen LogP contribution is -2.14. The predicted molar refractivity (Wildman–Crippen MR) is 100 cm³/mol. The van der Waals surface area contributed by atoms with Crippen molar-refractivity contribution in [3.05, 3.63) is 29.8 Å². The van der Waals surface area contributed by atoms with Crippen LogP contribution in [0.15, 0.2) is 34.3 Å². The molecule has 2 nitrogen and oxygen atoms in total. The lowest BCUT2D eigenvalue weighted by atomic mass is 9.82. The third kappa shape index (κ3) is 6.55. The summed E-state index contributed by atoms with van der Waals surface area (Å²) in [6.07, 6.45) is 9.51. The van der Waals surface area contributed by atoms with E-state index in [0.717, 1.165) is 37.8 Å². The minimum Gasteiger partial charge on any atom is -0.295 e. The van der Waals surface area contributed by atoms with Crippen molar-refractivity contribution in [3.63, 3.8) is 0 Å². The van der Waals surface area contributed by atoms with Crippen LogP contribution in [-0.4, -0.2) is 18.5 Å². The van der Waals surface area contributed by atoms with E-state index in [1.807, 2.05) is 6.21 Å². The summed E-state index contributed by atoms with van der Waals surface area (Å²) in [5.41, 5.74) is 2.68. The zero-order valence-corrected chi connectivity index (χ0v) is 15.0. The van der Waals surface area contributed by atoms with E-state index in [-0.39, 0.29) is 5.41 Å². The van der Waals surface area contributed by atoms with Crippen molar-refractivity contribution >= 4 is 18.1 Å². The molecular formula is C20H32N2. The fraction of sp³-hybridized carbons (Fsp3) is 0.600. The molecule has 1 atom stereocenters. The number of hydrogen-bond donors (Lipinski definition) is 0. The van der Waals surface area contributed by atoms with E-state index >= 15 is 0 Å². The lowest BCUT2D eigenvalue weighted by molar-refractivity contribution is 0.506. The van der Waals surface area contributed by atoms with Gasteiger partial charge in [0.15, 0.2) is 0 Å². The van der Waals surface area contributed by atoms with Gasteiger partial charge in [-0.05, 0) is 68.4 Å². The van der Waals surface area contributed by atoms with Crippen LogP contribution in [0, 0.1) is 0 Å². The molecule has 0 aromatic heterocycles. The summed E-state index contributed by atoms with van der Waals surface area (Å²) >= 11 is 0. The van der Waals surface area contributed by atoms with Crippen molar-refractivity contribution in [2.24, 2.45) is 9.98 Å². The van der Waals surface area contributed by atoms with Crippen molar-refractivity contribution in [1.29, 1.82) is 0 Å². The average molecular weight is 300 g/mol. The fourth-order valence-corrected chi connectivity index (χ4v) is 2.03. The van der Waals surface area contributed by atoms with E-state index in [9.17, 15) is 0 Å². The molecule has 0 spiro atoms. The number of aliphatic imine (C=N–C) groups is 2. The third-order valence-corrected chi connectivity index (χ3v) is 4.39. The van der Waals surface area contributed by atoms with Gasteiger partial charge in [-0.2, -0.15) is 0 Å². The van der Waals surface area contributed by atoms with Crippen molar-refractivity contribution in [2.45, 2.75) is 78.2 Å². The van der Waals surface area contributed by atoms with Gasteiger partial charge in [0.05, 0.1) is 5.69 Å². The van der Waals surface area contributed by atoms with E-state index in [4.69, 9.17) is 0 Å². The van der Waals surface area contributed by atoms with Gasteiger partial charge in [-0.1, -0.05) is 39.8 Å². The maximum absolute atomic E-state index is 4.53. The molecule has 0 radical (unpaired) electrons. The summed E-state index contributed by atoms with van der Waals surface area (Å²) in [4.78, 5) is 9.00. The van der Waals surface area contributed by atoms with Crippen LogP contribution >= 0.6 is 0 Å². The average Bonchev–Trinajstić information content (AvgIpc) is 2.54. The van der Waals surface area contributed by atoms with Crippen LogP contribution in [0.3, 0.4) is 0 Å². The monoisotopic (exact) mass is 300 g/mol. The summed E-state index contributed by atoms with van der Waals surface area (Å²) in [7, 11) is 0. The molecule has 0 aliphatic carbocycles. The Labute approximate surface area is 136 Å². The number of hydrogen-bond acceptors (Lipinski definition) is 2. The summed E-state index contributed by atoms with van der Waals surface area (Å²) < 4.78 is 0. The van der Waals surface area contributed by atoms with E-state index in [0.29, 0.717) is 6.04 Å². The number of nitrogens with zero attached hydrogens (tertiary/aromatic N) is 2. The maximum atomic E-state index is 4.53. The molecule has 0 saturated heterocycles. The van der Waals surface area contributed by atoms with Gasteiger partial charge in [0.1, 0.15) is 0 Å². The first kappa shape index (κ1) is 18.6. The zero-order chi connectivity index (χ0) is 16.4. The number of benzene rings is 1. The molecule has 0 bridgehead atoms. The molecule has 0 aliphatic heterocycles. The van der Waals surface area contributed by atoms with Crippen LogP contribution in [0.4, 0.5) is 5.69 Å². The van der Waals surface area contributed by atoms with Crippen molar-refractivity contribution in [1.82, 2.24) is 0 Å². The van der Waals surface area contributed by atoms with Crippen molar-refractivity contribution in [2.75, 3.05) is 0 Å². The minimum atomic E-state index is 0.247. The van der Waals surface area contributed by atoms with E-state index < -0.39 is 0 Å². The Morgan fingerprint density at radius 2 is 1.68 bits per heavy atom. The molecule has 1 aromatic rings. The molecule has 22 heavy (non-hydrogen) atoms. The molecule has 0 saturated carbocycles. The Kier molecular flexibility index (Phi) is 8.08. The number of unbranched alkanes of at least 4 members (excludes halogenated alkanes) is 2. The molecule has 0 fully saturated rings. The van der Waals surface area contributed by atoms with Crippen LogP contribution in [0.2, 0.25) is 0 Å². The summed E-state index contributed by atoms with van der Waals surface area (Å²) in [6.45, 7) is 11.1. The third-order valence-electron chi connectivity index (χ3n) is 4.39. The highest BCUT2D eigenvalue weighted by atomic mass is 14.7. The summed E-state index contributed by atoms with van der Waals surface area (Å²) in [5.74, 6) is 0. The first-order valence-corrected chi connectivity index (χ1v) is 8.64. The van der Waals surface area contributed by atoms with Crippen LogP contribution < -0.4 is 0 Å². The second-order valence-corrected chi connectivity index (χ2v) is 6.62. The lowest BCUT2D eigenvalue weighted by Gasteiger charge is -2.23. The fourth-order valence-electron chi connectivity index (χ4n) is 2.03. The molecule has 1 unspecified atom stereocenters. The van der Waals surface area contributed by atoms with Crippen LogP contribution in [-0.2, 0) is 5.41 Å². The van der Waals surface area contributed by atoms with Crippen LogP contribution in [0.1, 0.15) is 72.3 Å². The largest absolute Gasteiger partial charge is 0.295 e. The summed E-state index contributed by atoms with van der Waals surface area (Å²) in [5, 5.41) is 0. The first-order valence-electron chi connectivity index (χ1n) is 8.64. The number of rotatable bonds is 9. The first-order chi connectivity index (χ1) is 10.5. The molecule has 1 aromatic carbocycles. The van der Waals surface area contributed by atoms with Gasteiger partial charge in [-0.3, -0.25) is 9.98 Å². The van der Waals surface area contributed by atoms with Gasteiger partial charge >= 0.3 is 0 Å². The highest BCUT2D eigenvalue weighted by molar-refractivity contribution is 5.64. The second kappa shape index (κ2) is 9.55. The molecule has 0 heterocycles. The zero-order valence-electron chi connectivity index (χ0n) is 15.0. The van der Waals surface area contributed by atoms with E-state index in [2.05, 4.69) is 75.1 Å². The molecule has 2 heteroatoms. The highest BCUT2D eigenvalue weighted by Crippen LogP contribution is 2.28. The van der Waals surface area contributed by atoms with Gasteiger partial charge in [0, 0.05) is 12.3 Å². The smallest absolute Gasteiger partial charge is 0.0625 e. The van der Waals surface area contributed by atoms with Crippen LogP contribution in [0.5, 0.6) is 0 Å². The maximum Gasteiger partial charge on any atom is 0.0625 e. The Morgan fingerprint density at radius 1 is 1.05 bits per heavy atom. The topological polar surface area (TPSA) is 24.7 Å². The van der Waals surface area contributed by atoms with E-state index in [1.54, 1.807) is 0 Å². The molecule has 0 amide bonds. The Hall–Kier alpha value is -1.44. The van der Waals surface area contributed by atoms with Gasteiger partial charge in [-0.25, -0.2) is 0 Å². The quantitative estimate of drug-likeness (QED) is 0.388. The van der Waals surface area contributed by atoms with E-state index in [1.165, 1.54) is 5.56 Å². The highest BCUT2D eigenvalue weighted by Gasteiger charge is 2.17. The molecule has 0 aliphatic rings. The van der Waals surface area contributed by atoms with Gasteiger partial charge in [0.2, 0.25) is 0 Å². The SMILES string of the molecule is CCC(C)N=CCCCC=Nc1ccc(C(C)(C)CC)cc1. The van der Waals surface area contributed by atoms with Crippen molar-refractivity contribution in [3.8, 4) is 0 Å². The molecule has 1 rings (SSSR count). The predicted octanol–water partition coefficient (Wildman–Crippen LogP) is 6.12.